The van der Waals surface area contributed by atoms with Crippen LogP contribution in [-0.2, 0) is 15.6 Å². The van der Waals surface area contributed by atoms with Crippen LogP contribution in [0.2, 0.25) is 5.02 Å². The van der Waals surface area contributed by atoms with Gasteiger partial charge in [-0.15, -0.1) is 0 Å². The zero-order chi connectivity index (χ0) is 13.2. The molecule has 0 saturated heterocycles. The predicted octanol–water partition coefficient (Wildman–Crippen LogP) is 1.69. The summed E-state index contributed by atoms with van der Waals surface area (Å²) >= 11 is 5.71. The summed E-state index contributed by atoms with van der Waals surface area (Å²) in [5.74, 6) is -0.0614. The van der Waals surface area contributed by atoms with E-state index in [2.05, 4.69) is 9.97 Å². The van der Waals surface area contributed by atoms with Gasteiger partial charge in [0.2, 0.25) is 0 Å². The molecule has 5 nitrogen and oxygen atoms in total. The van der Waals surface area contributed by atoms with Crippen molar-refractivity contribution in [3.63, 3.8) is 0 Å². The third-order valence-electron chi connectivity index (χ3n) is 2.22. The van der Waals surface area contributed by atoms with Crippen LogP contribution >= 0.6 is 11.6 Å². The van der Waals surface area contributed by atoms with Crippen molar-refractivity contribution in [2.75, 3.05) is 5.73 Å². The third-order valence-corrected chi connectivity index (χ3v) is 4.10. The summed E-state index contributed by atoms with van der Waals surface area (Å²) in [6, 6.07) is 5.96. The second kappa shape index (κ2) is 4.91. The summed E-state index contributed by atoms with van der Waals surface area (Å²) in [4.78, 5) is 7.92. The highest BCUT2D eigenvalue weighted by Crippen LogP contribution is 2.17. The van der Waals surface area contributed by atoms with Gasteiger partial charge in [-0.1, -0.05) is 11.6 Å². The number of halogens is 1. The van der Waals surface area contributed by atoms with Crippen LogP contribution in [0.4, 0.5) is 5.69 Å². The summed E-state index contributed by atoms with van der Waals surface area (Å²) in [7, 11) is -3.47. The maximum Gasteiger partial charge on any atom is 0.185 e. The molecule has 2 rings (SSSR count). The Bertz CT molecular complexity index is 639. The van der Waals surface area contributed by atoms with Crippen LogP contribution in [0.25, 0.3) is 0 Å². The lowest BCUT2D eigenvalue weighted by Gasteiger charge is -2.03. The van der Waals surface area contributed by atoms with E-state index in [1.54, 1.807) is 0 Å². The first-order valence-electron chi connectivity index (χ1n) is 5.02. The lowest BCUT2D eigenvalue weighted by atomic mass is 10.4. The lowest BCUT2D eigenvalue weighted by Crippen LogP contribution is -2.08. The molecule has 2 aromatic rings. The molecule has 0 fully saturated rings. The molecule has 0 spiro atoms. The van der Waals surface area contributed by atoms with Crippen molar-refractivity contribution in [1.82, 2.24) is 9.97 Å². The van der Waals surface area contributed by atoms with Crippen molar-refractivity contribution in [2.45, 2.75) is 10.6 Å². The summed E-state index contributed by atoms with van der Waals surface area (Å²) in [6.07, 6.45) is 2.75. The van der Waals surface area contributed by atoms with Crippen molar-refractivity contribution in [1.29, 1.82) is 0 Å². The van der Waals surface area contributed by atoms with Gasteiger partial charge >= 0.3 is 0 Å². The number of nitrogens with two attached hydrogens (primary N) is 1. The Hall–Kier alpha value is -1.66. The van der Waals surface area contributed by atoms with Crippen LogP contribution in [0.5, 0.6) is 0 Å². The number of benzene rings is 1. The molecule has 0 atom stereocenters. The third kappa shape index (κ3) is 2.96. The van der Waals surface area contributed by atoms with Crippen LogP contribution in [-0.4, -0.2) is 18.4 Å². The van der Waals surface area contributed by atoms with Crippen LogP contribution in [0.15, 0.2) is 41.6 Å². The van der Waals surface area contributed by atoms with E-state index in [4.69, 9.17) is 17.3 Å². The summed E-state index contributed by atoms with van der Waals surface area (Å²) in [5.41, 5.74) is 5.82. The minimum Gasteiger partial charge on any atom is -0.396 e. The second-order valence-corrected chi connectivity index (χ2v) is 6.07. The van der Waals surface area contributed by atoms with Crippen LogP contribution in [0.3, 0.4) is 0 Å². The zero-order valence-electron chi connectivity index (χ0n) is 9.25. The molecule has 1 heterocycles. The van der Waals surface area contributed by atoms with E-state index >= 15 is 0 Å². The minimum atomic E-state index is -3.47. The van der Waals surface area contributed by atoms with Crippen LogP contribution in [0, 0.1) is 0 Å². The minimum absolute atomic E-state index is 0.187. The number of anilines is 1. The molecule has 94 valence electrons. The topological polar surface area (TPSA) is 85.9 Å². The number of hydrogen-bond donors (Lipinski definition) is 1. The quantitative estimate of drug-likeness (QED) is 0.926. The number of sulfone groups is 1. The molecule has 1 aromatic carbocycles. The molecule has 0 aliphatic rings. The number of hydrogen-bond acceptors (Lipinski definition) is 5. The summed E-state index contributed by atoms with van der Waals surface area (Å²) in [5, 5.41) is 0.484. The van der Waals surface area contributed by atoms with E-state index in [1.807, 2.05) is 0 Å². The first kappa shape index (κ1) is 12.8. The number of nitrogens with zero attached hydrogens (tertiary/aromatic N) is 2. The van der Waals surface area contributed by atoms with Crippen molar-refractivity contribution in [3.8, 4) is 0 Å². The molecule has 0 aliphatic carbocycles. The van der Waals surface area contributed by atoms with E-state index < -0.39 is 9.84 Å². The molecule has 0 unspecified atom stereocenters. The molecule has 0 aliphatic heterocycles. The predicted molar refractivity (Wildman–Crippen MR) is 68.8 cm³/mol. The molecule has 0 saturated carbocycles. The van der Waals surface area contributed by atoms with E-state index in [1.165, 1.54) is 36.7 Å². The zero-order valence-corrected chi connectivity index (χ0v) is 10.8. The van der Waals surface area contributed by atoms with Crippen LogP contribution < -0.4 is 5.73 Å². The first-order valence-corrected chi connectivity index (χ1v) is 7.05. The Balaban J connectivity index is 2.27. The van der Waals surface area contributed by atoms with Crippen LogP contribution in [0.1, 0.15) is 5.82 Å². The normalized spacial score (nSPS) is 11.4. The average molecular weight is 284 g/mol. The van der Waals surface area contributed by atoms with Gasteiger partial charge in [-0.05, 0) is 24.3 Å². The number of rotatable bonds is 3. The highest BCUT2D eigenvalue weighted by atomic mass is 35.5. The van der Waals surface area contributed by atoms with Gasteiger partial charge < -0.3 is 5.73 Å². The summed E-state index contributed by atoms with van der Waals surface area (Å²) in [6.45, 7) is 0. The van der Waals surface area contributed by atoms with Crippen molar-refractivity contribution in [2.24, 2.45) is 0 Å². The highest BCUT2D eigenvalue weighted by Gasteiger charge is 2.16. The maximum atomic E-state index is 12.0. The van der Waals surface area contributed by atoms with Gasteiger partial charge in [0.25, 0.3) is 0 Å². The second-order valence-electron chi connectivity index (χ2n) is 3.65. The van der Waals surface area contributed by atoms with Gasteiger partial charge in [0, 0.05) is 5.02 Å². The van der Waals surface area contributed by atoms with Gasteiger partial charge in [0.15, 0.2) is 9.84 Å². The monoisotopic (exact) mass is 283 g/mol. The fraction of sp³-hybridized carbons (Fsp3) is 0.0909. The Morgan fingerprint density at radius 1 is 1.11 bits per heavy atom. The molecular formula is C11H10ClN3O2S. The molecule has 0 radical (unpaired) electrons. The molecule has 2 N–H and O–H groups in total. The molecule has 1 aromatic heterocycles. The Morgan fingerprint density at radius 2 is 1.67 bits per heavy atom. The number of aromatic nitrogens is 2. The van der Waals surface area contributed by atoms with E-state index in [0.717, 1.165) is 0 Å². The SMILES string of the molecule is Nc1cnc(CS(=O)(=O)c2ccc(Cl)cc2)nc1. The smallest absolute Gasteiger partial charge is 0.185 e. The lowest BCUT2D eigenvalue weighted by molar-refractivity contribution is 0.594. The molecule has 18 heavy (non-hydrogen) atoms. The first-order chi connectivity index (χ1) is 8.47. The maximum absolute atomic E-state index is 12.0. The molecule has 0 bridgehead atoms. The van der Waals surface area contributed by atoms with E-state index in [-0.39, 0.29) is 16.5 Å². The summed E-state index contributed by atoms with van der Waals surface area (Å²) < 4.78 is 24.1. The molecule has 7 heteroatoms. The van der Waals surface area contributed by atoms with Gasteiger partial charge in [-0.3, -0.25) is 0 Å². The molecular weight excluding hydrogens is 274 g/mol. The largest absolute Gasteiger partial charge is 0.396 e. The average Bonchev–Trinajstić information content (AvgIpc) is 2.32. The van der Waals surface area contributed by atoms with Crippen molar-refractivity contribution >= 4 is 27.1 Å². The van der Waals surface area contributed by atoms with Crippen molar-refractivity contribution < 1.29 is 8.42 Å². The fourth-order valence-electron chi connectivity index (χ4n) is 1.33. The Morgan fingerprint density at radius 3 is 2.22 bits per heavy atom. The fourth-order valence-corrected chi connectivity index (χ4v) is 2.67. The Labute approximate surface area is 110 Å². The van der Waals surface area contributed by atoms with Gasteiger partial charge in [-0.25, -0.2) is 18.4 Å². The van der Waals surface area contributed by atoms with Gasteiger partial charge in [0.05, 0.1) is 23.0 Å². The van der Waals surface area contributed by atoms with E-state index in [9.17, 15) is 8.42 Å². The van der Waals surface area contributed by atoms with E-state index in [0.29, 0.717) is 10.7 Å². The molecule has 0 amide bonds. The van der Waals surface area contributed by atoms with Gasteiger partial charge in [-0.2, -0.15) is 0 Å². The van der Waals surface area contributed by atoms with Gasteiger partial charge in [0.1, 0.15) is 11.6 Å². The highest BCUT2D eigenvalue weighted by molar-refractivity contribution is 7.90. The Kier molecular flexibility index (Phi) is 3.49. The number of nitrogen functional groups attached to an aromatic ring is 1. The standard InChI is InChI=1S/C11H10ClN3O2S/c12-8-1-3-10(4-2-8)18(16,17)7-11-14-5-9(13)6-15-11/h1-6H,7,13H2. The van der Waals surface area contributed by atoms with Crippen molar-refractivity contribution in [3.05, 3.63) is 47.5 Å².